The minimum Gasteiger partial charge on any atom is -0.481 e. The zero-order chi connectivity index (χ0) is 37.7. The predicted molar refractivity (Wildman–Crippen MR) is 177 cm³/mol. The molecule has 0 heterocycles. The first-order valence-corrected chi connectivity index (χ1v) is 17.2. The first-order valence-electron chi connectivity index (χ1n) is 17.2. The Hall–Kier alpha value is -2.98. The number of carboxylic acids is 4. The van der Waals surface area contributed by atoms with Crippen LogP contribution in [0.4, 0.5) is 0 Å². The first kappa shape index (κ1) is 46.0. The third-order valence-electron chi connectivity index (χ3n) is 8.67. The van der Waals surface area contributed by atoms with Crippen molar-refractivity contribution in [3.05, 3.63) is 0 Å². The monoisotopic (exact) mass is 705 g/mol. The van der Waals surface area contributed by atoms with Crippen molar-refractivity contribution < 1.29 is 68.9 Å². The number of carbonyl (C=O) groups excluding carboxylic acids is 2. The van der Waals surface area contributed by atoms with Gasteiger partial charge < -0.3 is 45.8 Å². The van der Waals surface area contributed by atoms with E-state index in [0.29, 0.717) is 19.3 Å². The van der Waals surface area contributed by atoms with Crippen LogP contribution < -0.4 is 5.73 Å². The number of aliphatic hydroxyl groups excluding tert-OH is 2. The van der Waals surface area contributed by atoms with Crippen LogP contribution in [0.5, 0.6) is 0 Å². The van der Waals surface area contributed by atoms with E-state index in [-0.39, 0.29) is 18.3 Å². The zero-order valence-corrected chi connectivity index (χ0v) is 29.3. The second-order valence-corrected chi connectivity index (χ2v) is 13.3. The lowest BCUT2D eigenvalue weighted by Gasteiger charge is -2.34. The van der Waals surface area contributed by atoms with Gasteiger partial charge in [-0.1, -0.05) is 65.7 Å². The van der Waals surface area contributed by atoms with Crippen molar-refractivity contribution in [2.75, 3.05) is 13.2 Å². The third kappa shape index (κ3) is 20.3. The number of hydrogen-bond donors (Lipinski definition) is 7. The Morgan fingerprint density at radius 2 is 1.14 bits per heavy atom. The number of carbonyl (C=O) groups is 6. The summed E-state index contributed by atoms with van der Waals surface area (Å²) in [6.45, 7) is 5.99. The fourth-order valence-electron chi connectivity index (χ4n) is 5.57. The summed E-state index contributed by atoms with van der Waals surface area (Å²) in [5, 5.41) is 57.0. The van der Waals surface area contributed by atoms with Crippen LogP contribution >= 0.6 is 0 Å². The van der Waals surface area contributed by atoms with Gasteiger partial charge in [0.15, 0.2) is 11.6 Å². The van der Waals surface area contributed by atoms with Gasteiger partial charge in [0.2, 0.25) is 0 Å². The second-order valence-electron chi connectivity index (χ2n) is 13.3. The van der Waals surface area contributed by atoms with Gasteiger partial charge in [-0.3, -0.25) is 28.8 Å². The Bertz CT molecular complexity index is 1030. The van der Waals surface area contributed by atoms with Crippen molar-refractivity contribution in [3.8, 4) is 0 Å². The molecular formula is C34H59NO14. The van der Waals surface area contributed by atoms with Crippen molar-refractivity contribution >= 4 is 35.4 Å². The van der Waals surface area contributed by atoms with Crippen molar-refractivity contribution in [3.63, 3.8) is 0 Å². The maximum absolute atomic E-state index is 12.8. The Labute approximate surface area is 288 Å². The van der Waals surface area contributed by atoms with E-state index >= 15 is 0 Å². The van der Waals surface area contributed by atoms with E-state index in [1.165, 1.54) is 0 Å². The molecule has 8 N–H and O–H groups in total. The average molecular weight is 706 g/mol. The Kier molecular flexibility index (Phi) is 23.5. The summed E-state index contributed by atoms with van der Waals surface area (Å²) < 4.78 is 11.9. The highest BCUT2D eigenvalue weighted by Crippen LogP contribution is 2.28. The molecule has 49 heavy (non-hydrogen) atoms. The molecule has 284 valence electrons. The summed E-state index contributed by atoms with van der Waals surface area (Å²) in [6, 6.07) is -0.427. The molecule has 0 aromatic rings. The number of ether oxygens (including phenoxy) is 2. The lowest BCUT2D eigenvalue weighted by Crippen LogP contribution is -2.42. The molecule has 15 nitrogen and oxygen atoms in total. The first-order chi connectivity index (χ1) is 22.9. The number of ketones is 2. The van der Waals surface area contributed by atoms with Gasteiger partial charge in [-0.2, -0.15) is 0 Å². The van der Waals surface area contributed by atoms with Crippen LogP contribution in [-0.2, 0) is 38.2 Å². The summed E-state index contributed by atoms with van der Waals surface area (Å²) in [5.74, 6) is -12.0. The van der Waals surface area contributed by atoms with Gasteiger partial charge in [-0.15, -0.1) is 0 Å². The lowest BCUT2D eigenvalue weighted by molar-refractivity contribution is -0.160. The molecule has 0 aliphatic heterocycles. The number of nitrogens with two attached hydrogens (primary N) is 1. The molecule has 15 heteroatoms. The number of rotatable bonds is 31. The van der Waals surface area contributed by atoms with Gasteiger partial charge in [-0.05, 0) is 38.0 Å². The third-order valence-corrected chi connectivity index (χ3v) is 8.67. The van der Waals surface area contributed by atoms with E-state index in [1.54, 1.807) is 6.92 Å². The smallest absolute Gasteiger partial charge is 0.314 e. The highest BCUT2D eigenvalue weighted by molar-refractivity contribution is 6.02. The van der Waals surface area contributed by atoms with Gasteiger partial charge in [0.05, 0.1) is 37.3 Å². The molecular weight excluding hydrogens is 646 g/mol. The molecule has 0 fully saturated rings. The molecule has 0 amide bonds. The van der Waals surface area contributed by atoms with Gasteiger partial charge in [0.1, 0.15) is 25.0 Å². The number of hydrogen-bond acceptors (Lipinski definition) is 11. The molecule has 0 saturated heterocycles. The maximum atomic E-state index is 12.8. The van der Waals surface area contributed by atoms with E-state index in [4.69, 9.17) is 25.4 Å². The standard InChI is InChI=1S/C34H59NO14/c1-5-6-12-21(3)32(49-19-28(39)25(34(46)47)17-31(42)43)29(48-18-27(38)24(33(44)45)16-30(40)41)14-20(2)11-9-7-8-10-13-23(36)15-26(37)22(4)35/h20-26,29,32,36-37H,5-19,35H2,1-4H3,(H,40,41)(H,42,43)(H,44,45)(H,46,47)/t20-,21+,22-,23+,24+,25+,26-,29-,32+/m0/s1. The van der Waals surface area contributed by atoms with Crippen molar-refractivity contribution in [2.24, 2.45) is 29.4 Å². The fourth-order valence-corrected chi connectivity index (χ4v) is 5.57. The Balaban J connectivity index is 5.79. The molecule has 0 aliphatic carbocycles. The van der Waals surface area contributed by atoms with E-state index in [1.807, 2.05) is 20.8 Å². The molecule has 0 saturated carbocycles. The van der Waals surface area contributed by atoms with Crippen LogP contribution in [-0.4, -0.2) is 110 Å². The van der Waals surface area contributed by atoms with E-state index in [2.05, 4.69) is 0 Å². The summed E-state index contributed by atoms with van der Waals surface area (Å²) in [7, 11) is 0. The molecule has 0 bridgehead atoms. The minimum absolute atomic E-state index is 0.0138. The number of unbranched alkanes of at least 4 members (excludes halogenated alkanes) is 4. The molecule has 0 aromatic carbocycles. The van der Waals surface area contributed by atoms with Gasteiger partial charge in [0, 0.05) is 12.5 Å². The van der Waals surface area contributed by atoms with Crippen molar-refractivity contribution in [2.45, 2.75) is 142 Å². The molecule has 0 rings (SSSR count). The van der Waals surface area contributed by atoms with Crippen LogP contribution in [0.25, 0.3) is 0 Å². The van der Waals surface area contributed by atoms with Gasteiger partial charge >= 0.3 is 23.9 Å². The predicted octanol–water partition coefficient (Wildman–Crippen LogP) is 2.90. The summed E-state index contributed by atoms with van der Waals surface area (Å²) >= 11 is 0. The second kappa shape index (κ2) is 25.0. The van der Waals surface area contributed by atoms with E-state index in [0.717, 1.165) is 44.9 Å². The topological polar surface area (TPSA) is 268 Å². The van der Waals surface area contributed by atoms with Crippen LogP contribution in [0, 0.1) is 23.7 Å². The number of Topliss-reactive ketones (excluding diaryl/α,β-unsaturated/α-hetero) is 2. The quantitative estimate of drug-likeness (QED) is 0.0404. The largest absolute Gasteiger partial charge is 0.481 e. The zero-order valence-electron chi connectivity index (χ0n) is 29.3. The summed E-state index contributed by atoms with van der Waals surface area (Å²) in [5.41, 5.74) is 5.65. The van der Waals surface area contributed by atoms with E-state index in [9.17, 15) is 49.2 Å². The summed E-state index contributed by atoms with van der Waals surface area (Å²) in [4.78, 5) is 71.1. The van der Waals surface area contributed by atoms with Crippen molar-refractivity contribution in [1.82, 2.24) is 0 Å². The molecule has 0 aliphatic rings. The van der Waals surface area contributed by atoms with Crippen LogP contribution in [0.3, 0.4) is 0 Å². The molecule has 0 aromatic heterocycles. The van der Waals surface area contributed by atoms with Crippen LogP contribution in [0.15, 0.2) is 0 Å². The van der Waals surface area contributed by atoms with Crippen molar-refractivity contribution in [1.29, 1.82) is 0 Å². The lowest BCUT2D eigenvalue weighted by atomic mass is 9.87. The average Bonchev–Trinajstić information content (AvgIpc) is 3.00. The number of carboxylic acid groups (broad SMARTS) is 4. The van der Waals surface area contributed by atoms with Crippen LogP contribution in [0.1, 0.15) is 111 Å². The molecule has 9 atom stereocenters. The van der Waals surface area contributed by atoms with E-state index < -0.39 is 104 Å². The maximum Gasteiger partial charge on any atom is 0.314 e. The van der Waals surface area contributed by atoms with Crippen LogP contribution in [0.2, 0.25) is 0 Å². The minimum atomic E-state index is -1.83. The normalized spacial score (nSPS) is 17.1. The molecule has 0 spiro atoms. The molecule has 0 unspecified atom stereocenters. The van der Waals surface area contributed by atoms with Gasteiger partial charge in [0.25, 0.3) is 0 Å². The SMILES string of the molecule is CCCC[C@@H](C)[C@@H](OCC(=O)[C@@H](CC(=O)O)C(=O)O)[C@H](C[C@@H](C)CCCCCC[C@@H](O)C[C@H](O)[C@H](C)N)OCC(=O)[C@@H](CC(=O)O)C(=O)O. The fraction of sp³-hybridized carbons (Fsp3) is 0.824. The number of aliphatic carboxylic acids is 4. The highest BCUT2D eigenvalue weighted by atomic mass is 16.5. The Morgan fingerprint density at radius 1 is 0.653 bits per heavy atom. The summed E-state index contributed by atoms with van der Waals surface area (Å²) in [6.07, 6.45) is 2.26. The van der Waals surface area contributed by atoms with Gasteiger partial charge in [-0.25, -0.2) is 0 Å². The Morgan fingerprint density at radius 3 is 1.59 bits per heavy atom. The highest BCUT2D eigenvalue weighted by Gasteiger charge is 2.35. The number of aliphatic hydroxyl groups is 2. The molecule has 0 radical (unpaired) electrons.